The minimum absolute atomic E-state index is 0.288. The fourth-order valence-electron chi connectivity index (χ4n) is 3.25. The maximum absolute atomic E-state index is 13.0. The van der Waals surface area contributed by atoms with E-state index in [9.17, 15) is 9.59 Å². The normalized spacial score (nSPS) is 10.7. The van der Waals surface area contributed by atoms with E-state index in [1.54, 1.807) is 45.8 Å². The molecule has 198 valence electrons. The summed E-state index contributed by atoms with van der Waals surface area (Å²) in [5.74, 6) is 0.508. The Morgan fingerprint density at radius 3 is 1.55 bits per heavy atom. The summed E-state index contributed by atoms with van der Waals surface area (Å²) in [6.45, 7) is 4.67. The molecular formula is C26H22Cl2N2O4S4. The van der Waals surface area contributed by atoms with Gasteiger partial charge in [-0.25, -0.2) is 0 Å². The van der Waals surface area contributed by atoms with Crippen LogP contribution in [-0.2, 0) is 0 Å². The summed E-state index contributed by atoms with van der Waals surface area (Å²) in [4.78, 5) is 27.5. The van der Waals surface area contributed by atoms with Crippen LogP contribution in [0.15, 0.2) is 67.7 Å². The molecule has 2 aromatic carbocycles. The van der Waals surface area contributed by atoms with Gasteiger partial charge >= 0.3 is 0 Å². The number of halogens is 2. The van der Waals surface area contributed by atoms with Gasteiger partial charge in [-0.05, 0) is 50.2 Å². The van der Waals surface area contributed by atoms with Crippen molar-refractivity contribution in [1.82, 2.24) is 0 Å². The van der Waals surface area contributed by atoms with E-state index in [0.29, 0.717) is 57.3 Å². The first kappa shape index (κ1) is 28.7. The molecule has 0 saturated carbocycles. The van der Waals surface area contributed by atoms with Crippen molar-refractivity contribution in [2.45, 2.75) is 23.6 Å². The van der Waals surface area contributed by atoms with Gasteiger partial charge in [0.25, 0.3) is 11.8 Å². The van der Waals surface area contributed by atoms with Gasteiger partial charge in [-0.3, -0.25) is 9.59 Å². The molecule has 4 aromatic rings. The highest BCUT2D eigenvalue weighted by Crippen LogP contribution is 2.45. The van der Waals surface area contributed by atoms with Crippen molar-refractivity contribution < 1.29 is 19.1 Å². The number of hydrogen-bond donors (Lipinski definition) is 2. The van der Waals surface area contributed by atoms with E-state index in [-0.39, 0.29) is 11.8 Å². The highest BCUT2D eigenvalue weighted by atomic mass is 35.5. The third-order valence-corrected chi connectivity index (χ3v) is 9.34. The molecule has 0 aliphatic rings. The lowest BCUT2D eigenvalue weighted by molar-refractivity contribution is 0.101. The first-order valence-corrected chi connectivity index (χ1v) is 16.1. The van der Waals surface area contributed by atoms with Crippen LogP contribution in [0.2, 0.25) is 10.0 Å². The van der Waals surface area contributed by atoms with E-state index in [1.165, 1.54) is 44.3 Å². The molecule has 0 aliphatic heterocycles. The Kier molecular flexibility index (Phi) is 10.3. The number of amides is 2. The van der Waals surface area contributed by atoms with Gasteiger partial charge < -0.3 is 20.1 Å². The van der Waals surface area contributed by atoms with Gasteiger partial charge in [0.05, 0.1) is 35.7 Å². The van der Waals surface area contributed by atoms with Crippen LogP contribution in [0.25, 0.3) is 0 Å². The average molecular weight is 626 g/mol. The first-order chi connectivity index (χ1) is 18.4. The van der Waals surface area contributed by atoms with Gasteiger partial charge in [0.15, 0.2) is 0 Å². The summed E-state index contributed by atoms with van der Waals surface area (Å²) in [6, 6.07) is 10.6. The summed E-state index contributed by atoms with van der Waals surface area (Å²) in [6.07, 6.45) is 0. The second-order valence-electron chi connectivity index (χ2n) is 7.52. The molecule has 6 nitrogen and oxygen atoms in total. The molecule has 0 aliphatic carbocycles. The smallest absolute Gasteiger partial charge is 0.260 e. The fraction of sp³-hybridized carbons (Fsp3) is 0.154. The summed E-state index contributed by atoms with van der Waals surface area (Å²) < 4.78 is 11.1. The number of ether oxygens (including phenoxy) is 2. The third-order valence-electron chi connectivity index (χ3n) is 4.94. The highest BCUT2D eigenvalue weighted by molar-refractivity contribution is 8.76. The molecule has 2 heterocycles. The van der Waals surface area contributed by atoms with Gasteiger partial charge in [-0.15, -0.1) is 22.7 Å². The number of hydrogen-bond acceptors (Lipinski definition) is 8. The van der Waals surface area contributed by atoms with Crippen LogP contribution in [-0.4, -0.2) is 25.0 Å². The molecule has 2 aromatic heterocycles. The molecule has 12 heteroatoms. The summed E-state index contributed by atoms with van der Waals surface area (Å²) in [7, 11) is 2.83. The molecule has 0 spiro atoms. The Morgan fingerprint density at radius 1 is 0.737 bits per heavy atom. The summed E-state index contributed by atoms with van der Waals surface area (Å²) in [5, 5.41) is 14.0. The van der Waals surface area contributed by atoms with Crippen LogP contribution in [0.3, 0.4) is 0 Å². The number of carbonyl (C=O) groups is 2. The van der Waals surface area contributed by atoms with Gasteiger partial charge in [0.1, 0.15) is 11.5 Å². The molecule has 0 radical (unpaired) electrons. The van der Waals surface area contributed by atoms with Crippen LogP contribution in [0.5, 0.6) is 11.5 Å². The molecule has 2 amide bonds. The number of carbonyl (C=O) groups excluding carboxylic acids is 2. The lowest BCUT2D eigenvalue weighted by Gasteiger charge is -2.14. The van der Waals surface area contributed by atoms with E-state index in [0.717, 1.165) is 9.79 Å². The highest BCUT2D eigenvalue weighted by Gasteiger charge is 2.18. The third kappa shape index (κ3) is 7.19. The predicted octanol–water partition coefficient (Wildman–Crippen LogP) is 9.22. The van der Waals surface area contributed by atoms with E-state index in [4.69, 9.17) is 32.7 Å². The zero-order chi connectivity index (χ0) is 27.1. The molecule has 2 N–H and O–H groups in total. The van der Waals surface area contributed by atoms with Gasteiger partial charge in [0.2, 0.25) is 0 Å². The zero-order valence-electron chi connectivity index (χ0n) is 20.2. The lowest BCUT2D eigenvalue weighted by atomic mass is 10.2. The minimum atomic E-state index is -0.288. The number of nitrogens with one attached hydrogen (secondary N) is 2. The average Bonchev–Trinajstić information content (AvgIpc) is 3.55. The second kappa shape index (κ2) is 13.6. The first-order valence-electron chi connectivity index (χ1n) is 11.3. The largest absolute Gasteiger partial charge is 0.492 e. The van der Waals surface area contributed by atoms with Crippen molar-refractivity contribution in [2.75, 3.05) is 23.8 Å². The van der Waals surface area contributed by atoms with Crippen molar-refractivity contribution in [1.29, 1.82) is 0 Å². The monoisotopic (exact) mass is 624 g/mol. The molecule has 4 rings (SSSR count). The van der Waals surface area contributed by atoms with Crippen LogP contribution in [0.1, 0.15) is 34.6 Å². The molecule has 0 fully saturated rings. The summed E-state index contributed by atoms with van der Waals surface area (Å²) >= 11 is 15.3. The van der Waals surface area contributed by atoms with Crippen LogP contribution < -0.4 is 20.1 Å². The lowest BCUT2D eigenvalue weighted by Crippen LogP contribution is -2.13. The second-order valence-corrected chi connectivity index (χ2v) is 12.1. The predicted molar refractivity (Wildman–Crippen MR) is 162 cm³/mol. The fourth-order valence-corrected chi connectivity index (χ4v) is 7.32. The molecular weight excluding hydrogens is 603 g/mol. The van der Waals surface area contributed by atoms with E-state index in [1.807, 2.05) is 26.0 Å². The Hall–Kier alpha value is -2.34. The quantitative estimate of drug-likeness (QED) is 0.162. The van der Waals surface area contributed by atoms with Crippen LogP contribution in [0, 0.1) is 0 Å². The summed E-state index contributed by atoms with van der Waals surface area (Å²) in [5.41, 5.74) is 2.05. The number of thiophene rings is 2. The van der Waals surface area contributed by atoms with Crippen molar-refractivity contribution >= 4 is 90.7 Å². The van der Waals surface area contributed by atoms with Crippen molar-refractivity contribution in [2.24, 2.45) is 0 Å². The Labute approximate surface area is 246 Å². The molecule has 0 saturated heterocycles. The van der Waals surface area contributed by atoms with E-state index < -0.39 is 0 Å². The zero-order valence-corrected chi connectivity index (χ0v) is 25.0. The SMILES string of the molecule is CCOc1cscc1C(=O)Nc1cc(Cl)ccc1SSc1ccc(Cl)cc1NC(=O)c1cscc1OCC. The van der Waals surface area contributed by atoms with E-state index >= 15 is 0 Å². The molecule has 0 unspecified atom stereocenters. The number of benzene rings is 2. The van der Waals surface area contributed by atoms with Crippen molar-refractivity contribution in [3.63, 3.8) is 0 Å². The standard InChI is InChI=1S/C26H22Cl2N2O4S4/c1-3-33-21-13-35-11-17(21)25(31)29-19-9-15(27)5-7-23(19)37-38-24-8-6-16(28)10-20(24)30-26(32)18-12-36-14-22(18)34-4-2/h5-14H,3-4H2,1-2H3,(H,29,31)(H,30,32). The Balaban J connectivity index is 1.52. The maximum Gasteiger partial charge on any atom is 0.260 e. The Morgan fingerprint density at radius 2 is 1.16 bits per heavy atom. The van der Waals surface area contributed by atoms with Gasteiger partial charge in [-0.2, -0.15) is 0 Å². The Bertz CT molecular complexity index is 1330. The minimum Gasteiger partial charge on any atom is -0.492 e. The molecule has 0 atom stereocenters. The maximum atomic E-state index is 13.0. The van der Waals surface area contributed by atoms with Crippen LogP contribution in [0.4, 0.5) is 11.4 Å². The number of anilines is 2. The van der Waals surface area contributed by atoms with Crippen molar-refractivity contribution in [3.05, 3.63) is 79.1 Å². The molecule has 38 heavy (non-hydrogen) atoms. The number of rotatable bonds is 11. The topological polar surface area (TPSA) is 76.7 Å². The molecule has 0 bridgehead atoms. The van der Waals surface area contributed by atoms with Gasteiger partial charge in [0, 0.05) is 41.4 Å². The van der Waals surface area contributed by atoms with Crippen molar-refractivity contribution in [3.8, 4) is 11.5 Å². The van der Waals surface area contributed by atoms with Crippen LogP contribution >= 0.6 is 67.5 Å². The van der Waals surface area contributed by atoms with E-state index in [2.05, 4.69) is 10.6 Å². The van der Waals surface area contributed by atoms with Gasteiger partial charge in [-0.1, -0.05) is 44.8 Å².